The number of carbonyl (C=O) groups excluding carboxylic acids is 2. The van der Waals surface area contributed by atoms with Crippen molar-refractivity contribution in [2.24, 2.45) is 0 Å². The number of aromatic nitrogens is 1. The van der Waals surface area contributed by atoms with Crippen molar-refractivity contribution < 1.29 is 19.2 Å². The van der Waals surface area contributed by atoms with Crippen LogP contribution >= 0.6 is 11.3 Å². The SMILES string of the molecule is Cc1nc(-c2ccccc2)sc1NC(=O)N[C@H](CC(=O)[O-])C[N+](C)(C)C. The number of nitrogens with one attached hydrogen (secondary N) is 2. The number of rotatable bonds is 7. The molecule has 1 aromatic heterocycles. The van der Waals surface area contributed by atoms with Crippen LogP contribution in [0.1, 0.15) is 12.1 Å². The van der Waals surface area contributed by atoms with Gasteiger partial charge in [-0.15, -0.1) is 0 Å². The molecule has 2 aromatic rings. The first-order valence-electron chi connectivity index (χ1n) is 8.25. The van der Waals surface area contributed by atoms with Crippen LogP contribution in [0.25, 0.3) is 10.6 Å². The molecule has 0 radical (unpaired) electrons. The van der Waals surface area contributed by atoms with Crippen LogP contribution in [0.5, 0.6) is 0 Å². The van der Waals surface area contributed by atoms with Crippen molar-refractivity contribution in [2.75, 3.05) is 33.0 Å². The van der Waals surface area contributed by atoms with Crippen molar-refractivity contribution >= 4 is 28.3 Å². The second-order valence-corrected chi connectivity index (χ2v) is 8.14. The summed E-state index contributed by atoms with van der Waals surface area (Å²) in [6, 6.07) is 8.74. The molecule has 2 rings (SSSR count). The molecular weight excluding hydrogens is 352 g/mol. The van der Waals surface area contributed by atoms with Gasteiger partial charge >= 0.3 is 6.03 Å². The topological polar surface area (TPSA) is 94.2 Å². The van der Waals surface area contributed by atoms with E-state index in [9.17, 15) is 14.7 Å². The van der Waals surface area contributed by atoms with Crippen LogP contribution in [-0.4, -0.2) is 55.2 Å². The Balaban J connectivity index is 2.06. The minimum absolute atomic E-state index is 0.236. The number of hydrogen-bond acceptors (Lipinski definition) is 5. The summed E-state index contributed by atoms with van der Waals surface area (Å²) in [5, 5.41) is 17.9. The van der Waals surface area contributed by atoms with Crippen LogP contribution in [0.4, 0.5) is 9.80 Å². The standard InChI is InChI=1S/C18H24N4O3S/c1-12-16(26-17(19-12)13-8-6-5-7-9-13)21-18(25)20-14(10-15(23)24)11-22(2,3)4/h5-9,14H,10-11H2,1-4H3,(H2-,20,21,23,24,25)/t14-/m1/s1. The highest BCUT2D eigenvalue weighted by atomic mass is 32.1. The average molecular weight is 376 g/mol. The second kappa shape index (κ2) is 8.29. The van der Waals surface area contributed by atoms with Crippen molar-refractivity contribution in [3.8, 4) is 10.6 Å². The monoisotopic (exact) mass is 376 g/mol. The summed E-state index contributed by atoms with van der Waals surface area (Å²) >= 11 is 1.38. The molecule has 0 spiro atoms. The number of carbonyl (C=O) groups is 2. The first-order valence-corrected chi connectivity index (χ1v) is 9.06. The number of amides is 2. The van der Waals surface area contributed by atoms with Crippen LogP contribution in [0.2, 0.25) is 0 Å². The van der Waals surface area contributed by atoms with Gasteiger partial charge in [-0.3, -0.25) is 5.32 Å². The molecule has 26 heavy (non-hydrogen) atoms. The number of nitrogens with zero attached hydrogens (tertiary/aromatic N) is 2. The summed E-state index contributed by atoms with van der Waals surface area (Å²) in [6.07, 6.45) is -0.236. The van der Waals surface area contributed by atoms with Gasteiger partial charge in [-0.2, -0.15) is 0 Å². The number of aliphatic carboxylic acids is 1. The summed E-state index contributed by atoms with van der Waals surface area (Å²) in [4.78, 5) is 27.8. The summed E-state index contributed by atoms with van der Waals surface area (Å²) in [6.45, 7) is 2.29. The molecule has 8 heteroatoms. The normalized spacial score (nSPS) is 12.5. The largest absolute Gasteiger partial charge is 0.550 e. The van der Waals surface area contributed by atoms with E-state index in [2.05, 4.69) is 15.6 Å². The van der Waals surface area contributed by atoms with E-state index in [1.807, 2.05) is 58.4 Å². The quantitative estimate of drug-likeness (QED) is 0.715. The second-order valence-electron chi connectivity index (χ2n) is 7.14. The van der Waals surface area contributed by atoms with Gasteiger partial charge in [0.25, 0.3) is 0 Å². The molecular formula is C18H24N4O3S. The van der Waals surface area contributed by atoms with Crippen molar-refractivity contribution in [1.29, 1.82) is 0 Å². The summed E-state index contributed by atoms with van der Waals surface area (Å²) < 4.78 is 0.524. The van der Waals surface area contributed by atoms with Gasteiger partial charge in [0.1, 0.15) is 10.0 Å². The molecule has 1 aromatic carbocycles. The van der Waals surface area contributed by atoms with E-state index in [1.165, 1.54) is 11.3 Å². The fourth-order valence-corrected chi connectivity index (χ4v) is 3.53. The molecule has 7 nitrogen and oxygen atoms in total. The van der Waals surface area contributed by atoms with E-state index in [0.29, 0.717) is 21.7 Å². The highest BCUT2D eigenvalue weighted by Crippen LogP contribution is 2.31. The predicted octanol–water partition coefficient (Wildman–Crippen LogP) is 1.45. The maximum Gasteiger partial charge on any atom is 0.320 e. The summed E-state index contributed by atoms with van der Waals surface area (Å²) in [7, 11) is 5.80. The zero-order valence-corrected chi connectivity index (χ0v) is 16.2. The van der Waals surface area contributed by atoms with Crippen LogP contribution in [0.3, 0.4) is 0 Å². The number of carboxylic acids is 1. The van der Waals surface area contributed by atoms with Crippen molar-refractivity contribution in [3.05, 3.63) is 36.0 Å². The molecule has 0 aliphatic carbocycles. The average Bonchev–Trinajstić information content (AvgIpc) is 2.86. The third-order valence-electron chi connectivity index (χ3n) is 3.56. The minimum Gasteiger partial charge on any atom is -0.550 e. The fraction of sp³-hybridized carbons (Fsp3) is 0.389. The Morgan fingerprint density at radius 2 is 1.88 bits per heavy atom. The number of urea groups is 1. The number of anilines is 1. The molecule has 0 unspecified atom stereocenters. The van der Waals surface area contributed by atoms with Crippen LogP contribution in [-0.2, 0) is 4.79 Å². The van der Waals surface area contributed by atoms with Crippen molar-refractivity contribution in [1.82, 2.24) is 10.3 Å². The number of benzene rings is 1. The lowest BCUT2D eigenvalue weighted by molar-refractivity contribution is -0.871. The highest BCUT2D eigenvalue weighted by molar-refractivity contribution is 7.19. The van der Waals surface area contributed by atoms with Crippen LogP contribution in [0, 0.1) is 6.92 Å². The van der Waals surface area contributed by atoms with Crippen molar-refractivity contribution in [3.63, 3.8) is 0 Å². The maximum atomic E-state index is 12.3. The zero-order chi connectivity index (χ0) is 19.3. The Labute approximate surface area is 157 Å². The molecule has 0 aliphatic heterocycles. The Bertz CT molecular complexity index is 768. The van der Waals surface area contributed by atoms with Gasteiger partial charge in [-0.1, -0.05) is 41.7 Å². The lowest BCUT2D eigenvalue weighted by Crippen LogP contribution is -2.51. The fourth-order valence-electron chi connectivity index (χ4n) is 2.56. The third-order valence-corrected chi connectivity index (χ3v) is 4.68. The van der Waals surface area contributed by atoms with Crippen LogP contribution in [0.15, 0.2) is 30.3 Å². The smallest absolute Gasteiger partial charge is 0.320 e. The number of thiazole rings is 1. The van der Waals surface area contributed by atoms with Gasteiger partial charge in [0, 0.05) is 18.0 Å². The Morgan fingerprint density at radius 3 is 2.46 bits per heavy atom. The molecule has 0 saturated carbocycles. The Hall–Kier alpha value is -2.45. The first-order chi connectivity index (χ1) is 12.1. The molecule has 0 fully saturated rings. The Morgan fingerprint density at radius 1 is 1.23 bits per heavy atom. The molecule has 2 amide bonds. The summed E-state index contributed by atoms with van der Waals surface area (Å²) in [5.74, 6) is -1.19. The van der Waals surface area contributed by atoms with Crippen molar-refractivity contribution in [2.45, 2.75) is 19.4 Å². The maximum absolute atomic E-state index is 12.3. The minimum atomic E-state index is -1.19. The van der Waals surface area contributed by atoms with Gasteiger partial charge in [-0.25, -0.2) is 9.78 Å². The highest BCUT2D eigenvalue weighted by Gasteiger charge is 2.21. The first kappa shape index (κ1) is 19.9. The van der Waals surface area contributed by atoms with E-state index in [-0.39, 0.29) is 6.42 Å². The van der Waals surface area contributed by atoms with Crippen LogP contribution < -0.4 is 15.7 Å². The predicted molar refractivity (Wildman–Crippen MR) is 101 cm³/mol. The lowest BCUT2D eigenvalue weighted by atomic mass is 10.2. The van der Waals surface area contributed by atoms with E-state index in [0.717, 1.165) is 10.6 Å². The molecule has 2 N–H and O–H groups in total. The molecule has 140 valence electrons. The summed E-state index contributed by atoms with van der Waals surface area (Å²) in [5.41, 5.74) is 1.70. The Kier molecular flexibility index (Phi) is 6.33. The molecule has 0 bridgehead atoms. The number of hydrogen-bond donors (Lipinski definition) is 2. The van der Waals surface area contributed by atoms with Gasteiger partial charge in [-0.05, 0) is 6.92 Å². The number of aryl methyl sites for hydroxylation is 1. The third kappa shape index (κ3) is 6.12. The van der Waals surface area contributed by atoms with Gasteiger partial charge in [0.15, 0.2) is 0 Å². The lowest BCUT2D eigenvalue weighted by Gasteiger charge is -2.30. The molecule has 0 aliphatic rings. The van der Waals surface area contributed by atoms with E-state index in [1.54, 1.807) is 0 Å². The molecule has 1 atom stereocenters. The van der Waals surface area contributed by atoms with Gasteiger partial charge < -0.3 is 19.7 Å². The van der Waals surface area contributed by atoms with E-state index < -0.39 is 18.0 Å². The number of likely N-dealkylation sites (N-methyl/N-ethyl adjacent to an activating group) is 1. The zero-order valence-electron chi connectivity index (χ0n) is 15.4. The number of carboxylic acid groups (broad SMARTS) is 1. The van der Waals surface area contributed by atoms with Gasteiger partial charge in [0.05, 0.1) is 39.4 Å². The number of quaternary nitrogens is 1. The van der Waals surface area contributed by atoms with E-state index in [4.69, 9.17) is 0 Å². The molecule has 1 heterocycles. The molecule has 0 saturated heterocycles. The van der Waals surface area contributed by atoms with E-state index >= 15 is 0 Å². The van der Waals surface area contributed by atoms with Gasteiger partial charge in [0.2, 0.25) is 0 Å².